The van der Waals surface area contributed by atoms with Crippen LogP contribution in [0.3, 0.4) is 0 Å². The van der Waals surface area contributed by atoms with Gasteiger partial charge in [-0.05, 0) is 49.8 Å². The first-order valence-electron chi connectivity index (χ1n) is 9.37. The number of benzene rings is 1. The van der Waals surface area contributed by atoms with E-state index in [4.69, 9.17) is 9.47 Å². The van der Waals surface area contributed by atoms with Crippen molar-refractivity contribution in [3.05, 3.63) is 29.8 Å². The van der Waals surface area contributed by atoms with Crippen LogP contribution in [-0.2, 0) is 9.53 Å². The van der Waals surface area contributed by atoms with Crippen LogP contribution in [0.25, 0.3) is 0 Å². The first-order valence-corrected chi connectivity index (χ1v) is 9.37. The SMILES string of the molecule is Cc1cccc(OCC(=O)N(C)C2CCN(CC3CCOC3)CC2)c1. The Morgan fingerprint density at radius 3 is 2.80 bits per heavy atom. The highest BCUT2D eigenvalue weighted by atomic mass is 16.5. The molecule has 0 N–H and O–H groups in total. The third-order valence-corrected chi connectivity index (χ3v) is 5.39. The second-order valence-corrected chi connectivity index (χ2v) is 7.37. The molecule has 0 aromatic heterocycles. The van der Waals surface area contributed by atoms with Crippen LogP contribution in [0.1, 0.15) is 24.8 Å². The molecule has 1 unspecified atom stereocenters. The normalized spacial score (nSPS) is 22.1. The van der Waals surface area contributed by atoms with Gasteiger partial charge in [0.1, 0.15) is 5.75 Å². The molecule has 2 heterocycles. The zero-order valence-corrected chi connectivity index (χ0v) is 15.4. The van der Waals surface area contributed by atoms with Crippen LogP contribution in [0.5, 0.6) is 5.75 Å². The van der Waals surface area contributed by atoms with Gasteiger partial charge in [-0.2, -0.15) is 0 Å². The van der Waals surface area contributed by atoms with E-state index in [9.17, 15) is 4.79 Å². The molecule has 1 aromatic rings. The van der Waals surface area contributed by atoms with Crippen molar-refractivity contribution in [2.45, 2.75) is 32.2 Å². The summed E-state index contributed by atoms with van der Waals surface area (Å²) in [4.78, 5) is 16.8. The Morgan fingerprint density at radius 2 is 2.12 bits per heavy atom. The van der Waals surface area contributed by atoms with Gasteiger partial charge in [0, 0.05) is 39.3 Å². The van der Waals surface area contributed by atoms with Crippen LogP contribution >= 0.6 is 0 Å². The topological polar surface area (TPSA) is 42.0 Å². The predicted molar refractivity (Wildman–Crippen MR) is 97.8 cm³/mol. The molecule has 5 heteroatoms. The molecule has 0 bridgehead atoms. The van der Waals surface area contributed by atoms with Crippen molar-refractivity contribution in [1.29, 1.82) is 0 Å². The number of aryl methyl sites for hydroxylation is 1. The van der Waals surface area contributed by atoms with E-state index in [1.54, 1.807) is 0 Å². The van der Waals surface area contributed by atoms with E-state index in [1.165, 1.54) is 6.42 Å². The number of hydrogen-bond acceptors (Lipinski definition) is 4. The van der Waals surface area contributed by atoms with E-state index in [0.29, 0.717) is 12.0 Å². The summed E-state index contributed by atoms with van der Waals surface area (Å²) in [6.45, 7) is 7.23. The van der Waals surface area contributed by atoms with Gasteiger partial charge in [-0.15, -0.1) is 0 Å². The standard InChI is InChI=1S/C20H30N2O3/c1-16-4-3-5-19(12-16)25-15-20(23)21(2)18-6-9-22(10-7-18)13-17-8-11-24-14-17/h3-5,12,17-18H,6-11,13-15H2,1-2H3. The predicted octanol–water partition coefficient (Wildman–Crippen LogP) is 2.33. The molecular weight excluding hydrogens is 316 g/mol. The highest BCUT2D eigenvalue weighted by Gasteiger charge is 2.27. The zero-order chi connectivity index (χ0) is 17.6. The lowest BCUT2D eigenvalue weighted by Crippen LogP contribution is -2.47. The third-order valence-electron chi connectivity index (χ3n) is 5.39. The number of nitrogens with zero attached hydrogens (tertiary/aromatic N) is 2. The Morgan fingerprint density at radius 1 is 1.32 bits per heavy atom. The molecule has 1 amide bonds. The fourth-order valence-corrected chi connectivity index (χ4v) is 3.74. The molecule has 2 aliphatic heterocycles. The van der Waals surface area contributed by atoms with Gasteiger partial charge >= 0.3 is 0 Å². The summed E-state index contributed by atoms with van der Waals surface area (Å²) in [5.74, 6) is 1.51. The number of carbonyl (C=O) groups is 1. The smallest absolute Gasteiger partial charge is 0.260 e. The van der Waals surface area contributed by atoms with Crippen LogP contribution in [0.2, 0.25) is 0 Å². The van der Waals surface area contributed by atoms with Gasteiger partial charge in [-0.3, -0.25) is 4.79 Å². The van der Waals surface area contributed by atoms with Crippen molar-refractivity contribution < 1.29 is 14.3 Å². The van der Waals surface area contributed by atoms with Crippen molar-refractivity contribution in [2.75, 3.05) is 46.5 Å². The molecule has 2 fully saturated rings. The van der Waals surface area contributed by atoms with Gasteiger partial charge in [0.05, 0.1) is 6.61 Å². The molecule has 3 rings (SSSR count). The minimum atomic E-state index is 0.0594. The fraction of sp³-hybridized carbons (Fsp3) is 0.650. The van der Waals surface area contributed by atoms with Crippen molar-refractivity contribution in [3.63, 3.8) is 0 Å². The summed E-state index contributed by atoms with van der Waals surface area (Å²) in [6, 6.07) is 8.14. The summed E-state index contributed by atoms with van der Waals surface area (Å²) >= 11 is 0. The van der Waals surface area contributed by atoms with Crippen molar-refractivity contribution in [2.24, 2.45) is 5.92 Å². The molecule has 25 heavy (non-hydrogen) atoms. The lowest BCUT2D eigenvalue weighted by molar-refractivity contribution is -0.135. The van der Waals surface area contributed by atoms with E-state index in [1.807, 2.05) is 43.1 Å². The molecule has 0 saturated carbocycles. The average molecular weight is 346 g/mol. The minimum absolute atomic E-state index is 0.0594. The molecular formula is C20H30N2O3. The van der Waals surface area contributed by atoms with Crippen molar-refractivity contribution in [3.8, 4) is 5.75 Å². The van der Waals surface area contributed by atoms with E-state index in [0.717, 1.165) is 57.0 Å². The number of carbonyl (C=O) groups excluding carboxylic acids is 1. The monoisotopic (exact) mass is 346 g/mol. The van der Waals surface area contributed by atoms with Crippen molar-refractivity contribution in [1.82, 2.24) is 9.80 Å². The van der Waals surface area contributed by atoms with Gasteiger partial charge < -0.3 is 19.3 Å². The first-order chi connectivity index (χ1) is 12.1. The number of amides is 1. The molecule has 2 aliphatic rings. The molecule has 1 atom stereocenters. The number of ether oxygens (including phenoxy) is 2. The lowest BCUT2D eigenvalue weighted by Gasteiger charge is -2.37. The number of likely N-dealkylation sites (N-methyl/N-ethyl adjacent to an activating group) is 1. The number of likely N-dealkylation sites (tertiary alicyclic amines) is 1. The van der Waals surface area contributed by atoms with E-state index < -0.39 is 0 Å². The van der Waals surface area contributed by atoms with E-state index >= 15 is 0 Å². The molecule has 0 radical (unpaired) electrons. The Balaban J connectivity index is 1.40. The summed E-state index contributed by atoms with van der Waals surface area (Å²) in [7, 11) is 1.91. The zero-order valence-electron chi connectivity index (χ0n) is 15.4. The molecule has 0 aliphatic carbocycles. The van der Waals surface area contributed by atoms with Crippen LogP contribution in [0.15, 0.2) is 24.3 Å². The highest BCUT2D eigenvalue weighted by molar-refractivity contribution is 5.77. The summed E-state index contributed by atoms with van der Waals surface area (Å²) in [5, 5.41) is 0. The molecule has 138 valence electrons. The quantitative estimate of drug-likeness (QED) is 0.793. The van der Waals surface area contributed by atoms with Gasteiger partial charge in [-0.1, -0.05) is 12.1 Å². The third kappa shape index (κ3) is 5.19. The largest absolute Gasteiger partial charge is 0.484 e. The Labute approximate surface area is 150 Å². The van der Waals surface area contributed by atoms with E-state index in [-0.39, 0.29) is 12.5 Å². The number of rotatable bonds is 6. The van der Waals surface area contributed by atoms with Crippen LogP contribution < -0.4 is 4.74 Å². The molecule has 5 nitrogen and oxygen atoms in total. The van der Waals surface area contributed by atoms with Gasteiger partial charge in [0.15, 0.2) is 6.61 Å². The average Bonchev–Trinajstić information content (AvgIpc) is 3.13. The summed E-state index contributed by atoms with van der Waals surface area (Å²) in [6.07, 6.45) is 3.27. The number of piperidine rings is 1. The summed E-state index contributed by atoms with van der Waals surface area (Å²) < 4.78 is 11.1. The highest BCUT2D eigenvalue weighted by Crippen LogP contribution is 2.20. The Bertz CT molecular complexity index is 564. The van der Waals surface area contributed by atoms with Gasteiger partial charge in [0.2, 0.25) is 0 Å². The molecule has 0 spiro atoms. The number of hydrogen-bond donors (Lipinski definition) is 0. The van der Waals surface area contributed by atoms with Gasteiger partial charge in [0.25, 0.3) is 5.91 Å². The maximum absolute atomic E-state index is 12.4. The maximum atomic E-state index is 12.4. The lowest BCUT2D eigenvalue weighted by atomic mass is 10.0. The Kier molecular flexibility index (Phi) is 6.32. The fourth-order valence-electron chi connectivity index (χ4n) is 3.74. The van der Waals surface area contributed by atoms with Crippen molar-refractivity contribution >= 4 is 5.91 Å². The maximum Gasteiger partial charge on any atom is 0.260 e. The second-order valence-electron chi connectivity index (χ2n) is 7.37. The van der Waals surface area contributed by atoms with Crippen LogP contribution in [0, 0.1) is 12.8 Å². The first kappa shape index (κ1) is 18.2. The Hall–Kier alpha value is -1.59. The van der Waals surface area contributed by atoms with Gasteiger partial charge in [-0.25, -0.2) is 0 Å². The van der Waals surface area contributed by atoms with E-state index in [2.05, 4.69) is 4.90 Å². The van der Waals surface area contributed by atoms with Crippen LogP contribution in [0.4, 0.5) is 0 Å². The van der Waals surface area contributed by atoms with Crippen LogP contribution in [-0.4, -0.2) is 68.3 Å². The summed E-state index contributed by atoms with van der Waals surface area (Å²) in [5.41, 5.74) is 1.14. The second kappa shape index (κ2) is 8.68. The molecule has 1 aromatic carbocycles. The minimum Gasteiger partial charge on any atom is -0.484 e. The molecule has 2 saturated heterocycles.